The van der Waals surface area contributed by atoms with Gasteiger partial charge in [-0.15, -0.1) is 0 Å². The Balaban J connectivity index is 2.58. The topological polar surface area (TPSA) is 77.7 Å². The van der Waals surface area contributed by atoms with Gasteiger partial charge in [0.1, 0.15) is 0 Å². The van der Waals surface area contributed by atoms with E-state index in [0.29, 0.717) is 5.69 Å². The molecule has 0 saturated carbocycles. The summed E-state index contributed by atoms with van der Waals surface area (Å²) in [7, 11) is -1.59. The van der Waals surface area contributed by atoms with Crippen molar-refractivity contribution < 1.29 is 8.42 Å². The molecule has 2 heterocycles. The molecule has 0 aromatic carbocycles. The van der Waals surface area contributed by atoms with E-state index < -0.39 is 9.84 Å². The molecule has 0 spiro atoms. The van der Waals surface area contributed by atoms with Crippen LogP contribution in [0.3, 0.4) is 0 Å². The van der Waals surface area contributed by atoms with E-state index in [0.717, 1.165) is 17.5 Å². The fourth-order valence-corrected chi connectivity index (χ4v) is 2.04. The fourth-order valence-electron chi connectivity index (χ4n) is 1.52. The van der Waals surface area contributed by atoms with Crippen LogP contribution in [0, 0.1) is 6.92 Å². The smallest absolute Gasteiger partial charge is 0.247 e. The van der Waals surface area contributed by atoms with E-state index in [2.05, 4.69) is 15.1 Å². The minimum atomic E-state index is -3.39. The van der Waals surface area contributed by atoms with Crippen molar-refractivity contribution in [2.75, 3.05) is 6.26 Å². The molecule has 0 aliphatic carbocycles. The molecule has 0 atom stereocenters. The quantitative estimate of drug-likeness (QED) is 0.731. The van der Waals surface area contributed by atoms with Crippen LogP contribution in [0.1, 0.15) is 5.69 Å². The molecular weight excluding hydrogens is 240 g/mol. The second-order valence-corrected chi connectivity index (χ2v) is 5.71. The van der Waals surface area contributed by atoms with Gasteiger partial charge in [-0.2, -0.15) is 5.10 Å². The van der Waals surface area contributed by atoms with Crippen LogP contribution in [-0.2, 0) is 16.9 Å². The highest BCUT2D eigenvalue weighted by atomic mass is 32.2. The van der Waals surface area contributed by atoms with Crippen molar-refractivity contribution in [3.05, 3.63) is 24.2 Å². The lowest BCUT2D eigenvalue weighted by Crippen LogP contribution is -2.04. The molecule has 0 aliphatic rings. The highest BCUT2D eigenvalue weighted by Gasteiger charge is 2.14. The van der Waals surface area contributed by atoms with Gasteiger partial charge in [0.2, 0.25) is 15.0 Å². The Hall–Kier alpha value is -1.76. The normalized spacial score (nSPS) is 11.7. The molecule has 7 heteroatoms. The van der Waals surface area contributed by atoms with Crippen molar-refractivity contribution in [3.8, 4) is 11.3 Å². The number of hydrogen-bond donors (Lipinski definition) is 0. The minimum Gasteiger partial charge on any atom is -0.275 e. The first-order valence-electron chi connectivity index (χ1n) is 4.91. The molecule has 0 fully saturated rings. The molecule has 0 bridgehead atoms. The summed E-state index contributed by atoms with van der Waals surface area (Å²) in [6.45, 7) is 1.84. The summed E-state index contributed by atoms with van der Waals surface area (Å²) in [6, 6.07) is 1.67. The summed E-state index contributed by atoms with van der Waals surface area (Å²) in [5.74, 6) is 0. The third-order valence-corrected chi connectivity index (χ3v) is 3.11. The van der Waals surface area contributed by atoms with Crippen molar-refractivity contribution in [2.45, 2.75) is 12.1 Å². The minimum absolute atomic E-state index is 0.168. The third-order valence-electron chi connectivity index (χ3n) is 2.25. The monoisotopic (exact) mass is 252 g/mol. The first-order valence-corrected chi connectivity index (χ1v) is 6.81. The summed E-state index contributed by atoms with van der Waals surface area (Å²) in [5.41, 5.74) is 2.16. The van der Waals surface area contributed by atoms with Crippen LogP contribution in [0.4, 0.5) is 0 Å². The van der Waals surface area contributed by atoms with E-state index in [-0.39, 0.29) is 5.16 Å². The van der Waals surface area contributed by atoms with Gasteiger partial charge in [-0.1, -0.05) is 0 Å². The molecule has 0 amide bonds. The zero-order valence-corrected chi connectivity index (χ0v) is 10.6. The van der Waals surface area contributed by atoms with E-state index in [9.17, 15) is 8.42 Å². The van der Waals surface area contributed by atoms with Crippen LogP contribution in [0.5, 0.6) is 0 Å². The Morgan fingerprint density at radius 1 is 1.35 bits per heavy atom. The Labute approximate surface area is 99.3 Å². The van der Waals surface area contributed by atoms with Gasteiger partial charge in [0, 0.05) is 31.3 Å². The summed E-state index contributed by atoms with van der Waals surface area (Å²) in [5, 5.41) is 4.02. The predicted molar refractivity (Wildman–Crippen MR) is 62.1 cm³/mol. The molecule has 2 aromatic rings. The predicted octanol–water partition coefficient (Wildman–Crippen LogP) is 0.589. The summed E-state index contributed by atoms with van der Waals surface area (Å²) in [6.07, 6.45) is 4.32. The number of hydrogen-bond acceptors (Lipinski definition) is 5. The number of aryl methyl sites for hydroxylation is 2. The zero-order chi connectivity index (χ0) is 12.6. The Kier molecular flexibility index (Phi) is 2.70. The Morgan fingerprint density at radius 2 is 2.06 bits per heavy atom. The summed E-state index contributed by atoms with van der Waals surface area (Å²) in [4.78, 5) is 7.78. The van der Waals surface area contributed by atoms with Gasteiger partial charge in [-0.05, 0) is 13.0 Å². The molecule has 6 nitrogen and oxygen atoms in total. The van der Waals surface area contributed by atoms with Gasteiger partial charge in [-0.3, -0.25) is 4.68 Å². The fraction of sp³-hybridized carbons (Fsp3) is 0.300. The van der Waals surface area contributed by atoms with Crippen molar-refractivity contribution >= 4 is 9.84 Å². The lowest BCUT2D eigenvalue weighted by atomic mass is 10.2. The molecule has 0 N–H and O–H groups in total. The third kappa shape index (κ3) is 2.33. The molecule has 2 rings (SSSR count). The first-order chi connectivity index (χ1) is 7.88. The molecule has 0 radical (unpaired) electrons. The van der Waals surface area contributed by atoms with E-state index in [1.165, 1.54) is 6.20 Å². The number of aromatic nitrogens is 4. The molecule has 17 heavy (non-hydrogen) atoms. The standard InChI is InChI=1S/C10H12N4O2S/c1-7-8(6-14(2)13-7)9-4-5-11-10(12-9)17(3,15)16/h4-6H,1-3H3. The van der Waals surface area contributed by atoms with Crippen molar-refractivity contribution in [2.24, 2.45) is 7.05 Å². The second kappa shape index (κ2) is 3.92. The highest BCUT2D eigenvalue weighted by molar-refractivity contribution is 7.90. The second-order valence-electron chi connectivity index (χ2n) is 3.80. The molecule has 0 aliphatic heterocycles. The Bertz CT molecular complexity index is 661. The zero-order valence-electron chi connectivity index (χ0n) is 9.75. The van der Waals surface area contributed by atoms with E-state index >= 15 is 0 Å². The van der Waals surface area contributed by atoms with E-state index in [4.69, 9.17) is 0 Å². The number of nitrogens with zero attached hydrogens (tertiary/aromatic N) is 4. The average molecular weight is 252 g/mol. The maximum absolute atomic E-state index is 11.4. The van der Waals surface area contributed by atoms with Crippen molar-refractivity contribution in [3.63, 3.8) is 0 Å². The van der Waals surface area contributed by atoms with Crippen LogP contribution >= 0.6 is 0 Å². The summed E-state index contributed by atoms with van der Waals surface area (Å²) < 4.78 is 24.4. The maximum atomic E-state index is 11.4. The van der Waals surface area contributed by atoms with Gasteiger partial charge in [-0.25, -0.2) is 18.4 Å². The van der Waals surface area contributed by atoms with Gasteiger partial charge in [0.05, 0.1) is 11.4 Å². The highest BCUT2D eigenvalue weighted by Crippen LogP contribution is 2.20. The Morgan fingerprint density at radius 3 is 2.59 bits per heavy atom. The molecule has 2 aromatic heterocycles. The van der Waals surface area contributed by atoms with Crippen molar-refractivity contribution in [1.82, 2.24) is 19.7 Å². The molecular formula is C10H12N4O2S. The van der Waals surface area contributed by atoms with Gasteiger partial charge >= 0.3 is 0 Å². The maximum Gasteiger partial charge on any atom is 0.247 e. The van der Waals surface area contributed by atoms with Crippen LogP contribution in [0.2, 0.25) is 0 Å². The van der Waals surface area contributed by atoms with Crippen LogP contribution in [-0.4, -0.2) is 34.4 Å². The lowest BCUT2D eigenvalue weighted by Gasteiger charge is -2.00. The van der Waals surface area contributed by atoms with Gasteiger partial charge in [0.15, 0.2) is 0 Å². The lowest BCUT2D eigenvalue weighted by molar-refractivity contribution is 0.593. The van der Waals surface area contributed by atoms with Crippen LogP contribution in [0.15, 0.2) is 23.6 Å². The molecule has 0 unspecified atom stereocenters. The largest absolute Gasteiger partial charge is 0.275 e. The van der Waals surface area contributed by atoms with E-state index in [1.807, 2.05) is 6.92 Å². The average Bonchev–Trinajstić information content (AvgIpc) is 2.57. The van der Waals surface area contributed by atoms with Crippen molar-refractivity contribution in [1.29, 1.82) is 0 Å². The first kappa shape index (κ1) is 11.7. The molecule has 0 saturated heterocycles. The van der Waals surface area contributed by atoms with E-state index in [1.54, 1.807) is 24.0 Å². The van der Waals surface area contributed by atoms with Gasteiger partial charge < -0.3 is 0 Å². The summed E-state index contributed by atoms with van der Waals surface area (Å²) >= 11 is 0. The van der Waals surface area contributed by atoms with Crippen LogP contribution < -0.4 is 0 Å². The van der Waals surface area contributed by atoms with Crippen LogP contribution in [0.25, 0.3) is 11.3 Å². The SMILES string of the molecule is Cc1nn(C)cc1-c1ccnc(S(C)(=O)=O)n1. The number of sulfone groups is 1. The number of rotatable bonds is 2. The van der Waals surface area contributed by atoms with Gasteiger partial charge in [0.25, 0.3) is 0 Å². The molecule has 90 valence electrons.